The number of fused-ring (bicyclic) bond motifs is 10. The minimum absolute atomic E-state index is 0.214. The van der Waals surface area contributed by atoms with Crippen molar-refractivity contribution in [1.29, 1.82) is 0 Å². The van der Waals surface area contributed by atoms with Gasteiger partial charge < -0.3 is 24.2 Å². The second-order valence-corrected chi connectivity index (χ2v) is 23.3. The Balaban J connectivity index is 0.944. The Hall–Kier alpha value is -7.38. The predicted molar refractivity (Wildman–Crippen MR) is 309 cm³/mol. The van der Waals surface area contributed by atoms with Gasteiger partial charge in [0.1, 0.15) is 24.2 Å². The molecule has 1 fully saturated rings. The Morgan fingerprint density at radius 2 is 1.35 bits per heavy atom. The number of allylic oxidation sites excluding steroid dienone is 7. The van der Waals surface area contributed by atoms with Crippen LogP contribution in [0.2, 0.25) is 0 Å². The Kier molecular flexibility index (Phi) is 10.6. The van der Waals surface area contributed by atoms with E-state index in [1.807, 2.05) is 0 Å². The average Bonchev–Trinajstić information content (AvgIpc) is 3.84. The lowest BCUT2D eigenvalue weighted by Crippen LogP contribution is -2.61. The first-order chi connectivity index (χ1) is 35.7. The Morgan fingerprint density at radius 1 is 0.635 bits per heavy atom. The third-order valence-corrected chi connectivity index (χ3v) is 18.1. The van der Waals surface area contributed by atoms with Crippen LogP contribution in [0.15, 0.2) is 173 Å². The lowest BCUT2D eigenvalue weighted by molar-refractivity contribution is -0.401. The summed E-state index contributed by atoms with van der Waals surface area (Å²) in [7, 11) is 6.59. The SMILES string of the molecule is CN1/C(=C/C=C2\CCCC(/C=C/C3=[N+](C)c4ccc5ccccc5c4C3(C)C)=C2Oc2ccc3c(N4CCCCC4)cc4c(c3c2)N=CC2(O4)N(C)c3ccccc3C2(C)C)C(C)(C)c2c1ccc1ccccc21. The molecule has 1 unspecified atom stereocenters. The highest BCUT2D eigenvalue weighted by atomic mass is 16.5. The number of piperidine rings is 1. The molecule has 1 atom stereocenters. The number of hydrogen-bond donors (Lipinski definition) is 0. The largest absolute Gasteiger partial charge is 0.459 e. The first kappa shape index (κ1) is 46.4. The fourth-order valence-corrected chi connectivity index (χ4v) is 14.1. The first-order valence-electron chi connectivity index (χ1n) is 27.0. The zero-order valence-electron chi connectivity index (χ0n) is 44.6. The number of benzene rings is 7. The first-order valence-corrected chi connectivity index (χ1v) is 27.0. The highest BCUT2D eigenvalue weighted by molar-refractivity contribution is 6.09. The van der Waals surface area contributed by atoms with Gasteiger partial charge in [0.25, 0.3) is 0 Å². The van der Waals surface area contributed by atoms with Gasteiger partial charge in [0, 0.05) is 89.9 Å². The second kappa shape index (κ2) is 16.8. The predicted octanol–water partition coefficient (Wildman–Crippen LogP) is 15.7. The zero-order valence-corrected chi connectivity index (χ0v) is 44.6. The van der Waals surface area contributed by atoms with E-state index in [-0.39, 0.29) is 16.2 Å². The van der Waals surface area contributed by atoms with Gasteiger partial charge >= 0.3 is 0 Å². The molecule has 1 spiro atoms. The number of likely N-dealkylation sites (N-methyl/N-ethyl adjacent to an activating group) is 2. The normalized spacial score (nSPS) is 22.5. The molecule has 0 aromatic heterocycles. The molecule has 0 radical (unpaired) electrons. The summed E-state index contributed by atoms with van der Waals surface area (Å²) in [5.74, 6) is 2.53. The summed E-state index contributed by atoms with van der Waals surface area (Å²) >= 11 is 0. The minimum atomic E-state index is -0.794. The molecule has 6 aliphatic rings. The lowest BCUT2D eigenvalue weighted by Gasteiger charge is -2.45. The van der Waals surface area contributed by atoms with Crippen LogP contribution in [0.4, 0.5) is 28.4 Å². The fraction of sp³-hybridized carbons (Fsp3) is 0.313. The number of aliphatic imine (C=N–C) groups is 1. The van der Waals surface area contributed by atoms with Gasteiger partial charge in [0.05, 0.1) is 17.0 Å². The molecule has 1 aliphatic carbocycles. The van der Waals surface area contributed by atoms with Gasteiger partial charge in [-0.1, -0.05) is 92.7 Å². The average molecular weight is 975 g/mol. The van der Waals surface area contributed by atoms with Crippen LogP contribution < -0.4 is 24.2 Å². The van der Waals surface area contributed by atoms with Gasteiger partial charge in [-0.3, -0.25) is 4.99 Å². The lowest BCUT2D eigenvalue weighted by atomic mass is 9.77. The molecule has 7 aromatic carbocycles. The molecule has 0 bridgehead atoms. The van der Waals surface area contributed by atoms with Crippen molar-refractivity contribution in [3.05, 3.63) is 185 Å². The van der Waals surface area contributed by atoms with Gasteiger partial charge in [0.15, 0.2) is 11.5 Å². The summed E-state index contributed by atoms with van der Waals surface area (Å²) in [5, 5.41) is 7.39. The van der Waals surface area contributed by atoms with Gasteiger partial charge in [-0.2, -0.15) is 4.58 Å². The summed E-state index contributed by atoms with van der Waals surface area (Å²) in [4.78, 5) is 12.7. The summed E-state index contributed by atoms with van der Waals surface area (Å²) in [6, 6.07) is 44.4. The second-order valence-electron chi connectivity index (χ2n) is 23.3. The van der Waals surface area contributed by atoms with Crippen molar-refractivity contribution in [1.82, 2.24) is 0 Å². The van der Waals surface area contributed by atoms with Crippen molar-refractivity contribution >= 4 is 72.7 Å². The van der Waals surface area contributed by atoms with Crippen LogP contribution in [0.25, 0.3) is 32.3 Å². The van der Waals surface area contributed by atoms with E-state index >= 15 is 0 Å². The molecule has 372 valence electrons. The third kappa shape index (κ3) is 6.77. The molecule has 7 heteroatoms. The number of anilines is 3. The summed E-state index contributed by atoms with van der Waals surface area (Å²) < 4.78 is 17.3. The van der Waals surface area contributed by atoms with E-state index in [0.717, 1.165) is 60.7 Å². The van der Waals surface area contributed by atoms with Gasteiger partial charge in [0.2, 0.25) is 11.4 Å². The van der Waals surface area contributed by atoms with Crippen LogP contribution in [0.1, 0.15) is 96.8 Å². The molecular weight excluding hydrogens is 907 g/mol. The number of hydrogen-bond acceptors (Lipinski definition) is 6. The molecule has 7 nitrogen and oxygen atoms in total. The van der Waals surface area contributed by atoms with Crippen molar-refractivity contribution in [3.63, 3.8) is 0 Å². The number of nitrogens with zero attached hydrogens (tertiary/aromatic N) is 5. The van der Waals surface area contributed by atoms with E-state index in [4.69, 9.17) is 14.5 Å². The van der Waals surface area contributed by atoms with Crippen molar-refractivity contribution in [2.24, 2.45) is 4.99 Å². The fourth-order valence-electron chi connectivity index (χ4n) is 14.1. The molecular formula is C67H68N5O2+. The third-order valence-electron chi connectivity index (χ3n) is 18.1. The Morgan fingerprint density at radius 3 is 2.12 bits per heavy atom. The molecule has 5 heterocycles. The molecule has 74 heavy (non-hydrogen) atoms. The van der Waals surface area contributed by atoms with E-state index in [2.05, 4.69) is 234 Å². The molecule has 7 aromatic rings. The maximum Gasteiger partial charge on any atom is 0.228 e. The minimum Gasteiger partial charge on any atom is -0.459 e. The smallest absolute Gasteiger partial charge is 0.228 e. The highest BCUT2D eigenvalue weighted by Crippen LogP contribution is 2.56. The monoisotopic (exact) mass is 975 g/mol. The number of rotatable bonds is 6. The van der Waals surface area contributed by atoms with Crippen molar-refractivity contribution in [2.45, 2.75) is 102 Å². The van der Waals surface area contributed by atoms with Crippen LogP contribution in [0.5, 0.6) is 11.5 Å². The summed E-state index contributed by atoms with van der Waals surface area (Å²) in [6.07, 6.45) is 18.0. The summed E-state index contributed by atoms with van der Waals surface area (Å²) in [6.45, 7) is 16.1. The van der Waals surface area contributed by atoms with Crippen molar-refractivity contribution < 1.29 is 14.0 Å². The standard InChI is InChI=1S/C67H68N5O2/c1-64(2)58(69(7)54-34-28-43-20-11-13-24-48(43)60(54)64)36-30-45-22-19-23-46(31-37-59-65(3,4)61-49-25-14-12-21-44(49)29-35-55(61)70(59)8)63(45)73-47-32-33-50-51(40-47)62-57(41-56(50)72-38-17-10-18-39-72)74-67(42-68-62)66(5,6)52-26-15-16-27-53(52)71(67)9/h11-16,20-21,24-37,40-42H,10,17-19,22-23,38-39H2,1-9H3/q+1. The highest BCUT2D eigenvalue weighted by Gasteiger charge is 2.58. The zero-order chi connectivity index (χ0) is 50.9. The van der Waals surface area contributed by atoms with Crippen LogP contribution >= 0.6 is 0 Å². The van der Waals surface area contributed by atoms with Gasteiger partial charge in [-0.15, -0.1) is 0 Å². The van der Waals surface area contributed by atoms with E-state index in [1.165, 1.54) is 108 Å². The molecule has 5 aliphatic heterocycles. The molecule has 13 rings (SSSR count). The quantitative estimate of drug-likeness (QED) is 0.155. The molecule has 0 N–H and O–H groups in total. The molecule has 1 saturated heterocycles. The summed E-state index contributed by atoms with van der Waals surface area (Å²) in [5.41, 5.74) is 13.1. The van der Waals surface area contributed by atoms with E-state index < -0.39 is 5.72 Å². The van der Waals surface area contributed by atoms with Crippen molar-refractivity contribution in [3.8, 4) is 11.5 Å². The van der Waals surface area contributed by atoms with Crippen LogP contribution in [0, 0.1) is 0 Å². The maximum absolute atomic E-state index is 7.46. The Labute approximate surface area is 437 Å². The number of para-hydroxylation sites is 1. The number of ether oxygens (including phenoxy) is 2. The van der Waals surface area contributed by atoms with Gasteiger partial charge in [-0.25, -0.2) is 0 Å². The van der Waals surface area contributed by atoms with E-state index in [9.17, 15) is 0 Å². The topological polar surface area (TPSA) is 43.6 Å². The molecule has 0 amide bonds. The van der Waals surface area contributed by atoms with Crippen molar-refractivity contribution in [2.75, 3.05) is 48.9 Å². The van der Waals surface area contributed by atoms with E-state index in [1.54, 1.807) is 0 Å². The maximum atomic E-state index is 7.46. The molecule has 0 saturated carbocycles. The van der Waals surface area contributed by atoms with E-state index in [0.29, 0.717) is 0 Å². The van der Waals surface area contributed by atoms with Crippen LogP contribution in [-0.2, 0) is 16.2 Å². The van der Waals surface area contributed by atoms with Crippen LogP contribution in [0.3, 0.4) is 0 Å². The van der Waals surface area contributed by atoms with Crippen LogP contribution in [-0.4, -0.2) is 56.5 Å². The van der Waals surface area contributed by atoms with Gasteiger partial charge in [-0.05, 0) is 159 Å². The Bertz CT molecular complexity index is 3730.